The molecule has 0 aliphatic rings. The SMILES string of the molecule is CCOc1cc(OC)c(C(=O)Oc2ccc(C(=O)Oc3ccc(-c4ccc(NC(=O)c5ccc(OC(=O)c6c(OC)cc(C(C)O)cc6OC)cc5)cc4)cc3C)cc2)c(OC)c1. The van der Waals surface area contributed by atoms with Crippen LogP contribution in [0, 0.1) is 6.92 Å². The van der Waals surface area contributed by atoms with Gasteiger partial charge in [0.05, 0.1) is 46.7 Å². The van der Waals surface area contributed by atoms with E-state index < -0.39 is 24.0 Å². The fraction of sp³-hybridized carbons (Fsp3) is 0.184. The molecule has 0 spiro atoms. The van der Waals surface area contributed by atoms with Gasteiger partial charge in [-0.2, -0.15) is 0 Å². The molecule has 0 aliphatic carbocycles. The molecule has 2 N–H and O–H groups in total. The molecular formula is C49H45NO13. The number of nitrogens with one attached hydrogen (secondary N) is 1. The number of esters is 3. The number of amides is 1. The predicted molar refractivity (Wildman–Crippen MR) is 233 cm³/mol. The quantitative estimate of drug-likeness (QED) is 0.0698. The predicted octanol–water partition coefficient (Wildman–Crippen LogP) is 9.06. The van der Waals surface area contributed by atoms with Crippen molar-refractivity contribution in [2.24, 2.45) is 0 Å². The van der Waals surface area contributed by atoms with Crippen LogP contribution in [-0.2, 0) is 0 Å². The highest BCUT2D eigenvalue weighted by molar-refractivity contribution is 6.04. The molecule has 0 saturated heterocycles. The molecule has 0 fully saturated rings. The molecule has 0 aromatic heterocycles. The first-order valence-corrected chi connectivity index (χ1v) is 19.6. The summed E-state index contributed by atoms with van der Waals surface area (Å²) in [6.07, 6.45) is -0.810. The smallest absolute Gasteiger partial charge is 0.351 e. The summed E-state index contributed by atoms with van der Waals surface area (Å²) in [6, 6.07) is 30.9. The molecule has 0 radical (unpaired) electrons. The van der Waals surface area contributed by atoms with Crippen LogP contribution < -0.4 is 43.2 Å². The Morgan fingerprint density at radius 2 is 1.02 bits per heavy atom. The van der Waals surface area contributed by atoms with Gasteiger partial charge < -0.3 is 48.3 Å². The highest BCUT2D eigenvalue weighted by atomic mass is 16.6. The van der Waals surface area contributed by atoms with E-state index in [1.807, 2.05) is 38.1 Å². The maximum Gasteiger partial charge on any atom is 0.351 e. The summed E-state index contributed by atoms with van der Waals surface area (Å²) in [4.78, 5) is 52.4. The Morgan fingerprint density at radius 1 is 0.540 bits per heavy atom. The third-order valence-electron chi connectivity index (χ3n) is 9.69. The first-order chi connectivity index (χ1) is 30.3. The van der Waals surface area contributed by atoms with Crippen LogP contribution >= 0.6 is 0 Å². The number of benzene rings is 6. The van der Waals surface area contributed by atoms with Crippen molar-refractivity contribution in [1.29, 1.82) is 0 Å². The summed E-state index contributed by atoms with van der Waals surface area (Å²) in [6.45, 7) is 5.66. The number of aliphatic hydroxyl groups excluding tert-OH is 1. The number of hydrogen-bond acceptors (Lipinski definition) is 13. The lowest BCUT2D eigenvalue weighted by atomic mass is 10.0. The van der Waals surface area contributed by atoms with E-state index in [0.29, 0.717) is 40.5 Å². The van der Waals surface area contributed by atoms with Crippen molar-refractivity contribution < 1.29 is 62.2 Å². The fourth-order valence-electron chi connectivity index (χ4n) is 6.41. The first-order valence-electron chi connectivity index (χ1n) is 19.6. The van der Waals surface area contributed by atoms with Crippen molar-refractivity contribution in [3.63, 3.8) is 0 Å². The van der Waals surface area contributed by atoms with Crippen molar-refractivity contribution in [3.8, 4) is 57.1 Å². The van der Waals surface area contributed by atoms with E-state index in [9.17, 15) is 24.3 Å². The maximum atomic E-state index is 13.1. The number of carbonyl (C=O) groups is 4. The maximum absolute atomic E-state index is 13.1. The molecule has 14 nitrogen and oxygen atoms in total. The molecule has 324 valence electrons. The van der Waals surface area contributed by atoms with Crippen LogP contribution in [0.15, 0.2) is 115 Å². The van der Waals surface area contributed by atoms with Crippen LogP contribution in [0.1, 0.15) is 72.5 Å². The van der Waals surface area contributed by atoms with Gasteiger partial charge in [0.25, 0.3) is 5.91 Å². The van der Waals surface area contributed by atoms with E-state index in [0.717, 1.165) is 11.1 Å². The molecule has 0 aliphatic heterocycles. The van der Waals surface area contributed by atoms with Crippen molar-refractivity contribution in [3.05, 3.63) is 149 Å². The van der Waals surface area contributed by atoms with Gasteiger partial charge in [-0.25, -0.2) is 14.4 Å². The molecule has 6 aromatic rings. The number of methoxy groups -OCH3 is 4. The van der Waals surface area contributed by atoms with Crippen molar-refractivity contribution in [1.82, 2.24) is 0 Å². The highest BCUT2D eigenvalue weighted by Crippen LogP contribution is 2.36. The number of aliphatic hydroxyl groups is 1. The minimum Gasteiger partial charge on any atom is -0.496 e. The van der Waals surface area contributed by atoms with Crippen LogP contribution in [0.2, 0.25) is 0 Å². The Morgan fingerprint density at radius 3 is 1.48 bits per heavy atom. The second-order valence-electron chi connectivity index (χ2n) is 13.8. The van der Waals surface area contributed by atoms with Gasteiger partial charge in [-0.15, -0.1) is 0 Å². The molecular weight excluding hydrogens is 811 g/mol. The van der Waals surface area contributed by atoms with Crippen LogP contribution in [0.5, 0.6) is 46.0 Å². The normalized spacial score (nSPS) is 11.1. The molecule has 1 amide bonds. The van der Waals surface area contributed by atoms with Gasteiger partial charge in [0, 0.05) is 23.4 Å². The molecule has 0 heterocycles. The number of rotatable bonds is 16. The van der Waals surface area contributed by atoms with Crippen LogP contribution in [0.4, 0.5) is 5.69 Å². The zero-order valence-corrected chi connectivity index (χ0v) is 35.6. The summed E-state index contributed by atoms with van der Waals surface area (Å²) < 4.78 is 43.9. The van der Waals surface area contributed by atoms with E-state index in [1.54, 1.807) is 37.3 Å². The van der Waals surface area contributed by atoms with E-state index in [2.05, 4.69) is 5.32 Å². The molecule has 0 bridgehead atoms. The van der Waals surface area contributed by atoms with Crippen LogP contribution in [0.3, 0.4) is 0 Å². The fourth-order valence-corrected chi connectivity index (χ4v) is 6.41. The van der Waals surface area contributed by atoms with Gasteiger partial charge >= 0.3 is 17.9 Å². The molecule has 14 heteroatoms. The lowest BCUT2D eigenvalue weighted by molar-refractivity contribution is 0.0716. The minimum atomic E-state index is -0.810. The summed E-state index contributed by atoms with van der Waals surface area (Å²) in [5, 5.41) is 12.9. The topological polar surface area (TPSA) is 174 Å². The third-order valence-corrected chi connectivity index (χ3v) is 9.69. The van der Waals surface area contributed by atoms with E-state index >= 15 is 0 Å². The molecule has 1 unspecified atom stereocenters. The lowest BCUT2D eigenvalue weighted by Gasteiger charge is -2.16. The Bertz CT molecular complexity index is 2570. The summed E-state index contributed by atoms with van der Waals surface area (Å²) in [5.74, 6) is -0.406. The second kappa shape index (κ2) is 20.1. The van der Waals surface area contributed by atoms with Gasteiger partial charge in [-0.05, 0) is 128 Å². The van der Waals surface area contributed by atoms with Crippen molar-refractivity contribution in [2.75, 3.05) is 40.4 Å². The van der Waals surface area contributed by atoms with Crippen molar-refractivity contribution in [2.45, 2.75) is 26.9 Å². The van der Waals surface area contributed by atoms with Gasteiger partial charge in [-0.1, -0.05) is 18.2 Å². The lowest BCUT2D eigenvalue weighted by Crippen LogP contribution is -2.14. The monoisotopic (exact) mass is 855 g/mol. The van der Waals surface area contributed by atoms with Gasteiger partial charge in [0.2, 0.25) is 0 Å². The third kappa shape index (κ3) is 10.6. The Hall–Kier alpha value is -7.84. The molecule has 6 aromatic carbocycles. The second-order valence-corrected chi connectivity index (χ2v) is 13.8. The van der Waals surface area contributed by atoms with E-state index in [1.165, 1.54) is 89.1 Å². The molecule has 6 rings (SSSR count). The number of anilines is 1. The number of carbonyl (C=O) groups excluding carboxylic acids is 4. The first kappa shape index (κ1) is 44.7. The van der Waals surface area contributed by atoms with Gasteiger partial charge in [0.15, 0.2) is 0 Å². The number of ether oxygens (including phenoxy) is 8. The van der Waals surface area contributed by atoms with Crippen LogP contribution in [-0.4, -0.2) is 64.0 Å². The average molecular weight is 856 g/mol. The van der Waals surface area contributed by atoms with Gasteiger partial charge in [0.1, 0.15) is 57.1 Å². The molecule has 1 atom stereocenters. The standard InChI is InChI=1S/C49H45NO13/c1-8-60-38-26-42(58-6)45(43(27-38)59-7)49(55)62-37-20-13-32(14-21-37)47(53)63-39-22-15-33(23-28(39)2)30-9-16-35(17-10-30)50-46(52)31-11-18-36(19-12-31)61-48(54)44-40(56-4)24-34(29(3)51)25-41(44)57-5/h9-27,29,51H,8H2,1-7H3,(H,50,52). The Labute approximate surface area is 363 Å². The summed E-state index contributed by atoms with van der Waals surface area (Å²) in [7, 11) is 5.64. The zero-order valence-electron chi connectivity index (χ0n) is 35.6. The van der Waals surface area contributed by atoms with Crippen LogP contribution in [0.25, 0.3) is 11.1 Å². The highest BCUT2D eigenvalue weighted by Gasteiger charge is 2.25. The minimum absolute atomic E-state index is 0.0526. The zero-order chi connectivity index (χ0) is 45.2. The largest absolute Gasteiger partial charge is 0.496 e. The Kier molecular flexibility index (Phi) is 14.3. The van der Waals surface area contributed by atoms with E-state index in [4.69, 9.17) is 37.9 Å². The molecule has 63 heavy (non-hydrogen) atoms. The average Bonchev–Trinajstić information content (AvgIpc) is 3.29. The Balaban J connectivity index is 1.03. The number of hydrogen-bond donors (Lipinski definition) is 2. The van der Waals surface area contributed by atoms with E-state index in [-0.39, 0.29) is 57.1 Å². The summed E-state index contributed by atoms with van der Waals surface area (Å²) in [5.41, 5.74) is 4.20. The summed E-state index contributed by atoms with van der Waals surface area (Å²) >= 11 is 0. The number of aryl methyl sites for hydroxylation is 1. The molecule has 0 saturated carbocycles. The van der Waals surface area contributed by atoms with Gasteiger partial charge in [-0.3, -0.25) is 4.79 Å². The van der Waals surface area contributed by atoms with Crippen molar-refractivity contribution >= 4 is 29.5 Å².